The average molecular weight is 234 g/mol. The molecule has 2 aromatic rings. The molecule has 0 aliphatic carbocycles. The largest absolute Gasteiger partial charge is 0.392 e. The summed E-state index contributed by atoms with van der Waals surface area (Å²) >= 11 is 1.37. The van der Waals surface area contributed by atoms with Crippen LogP contribution in [0, 0.1) is 0 Å². The third kappa shape index (κ3) is 2.44. The smallest absolute Gasteiger partial charge is 0.257 e. The summed E-state index contributed by atoms with van der Waals surface area (Å²) < 4.78 is 0. The molecule has 0 unspecified atom stereocenters. The molecule has 0 saturated heterocycles. The summed E-state index contributed by atoms with van der Waals surface area (Å²) in [6.45, 7) is -0.0195. The van der Waals surface area contributed by atoms with E-state index in [1.807, 2.05) is 0 Å². The Bertz CT molecular complexity index is 465. The van der Waals surface area contributed by atoms with Crippen molar-refractivity contribution in [3.05, 3.63) is 47.0 Å². The summed E-state index contributed by atoms with van der Waals surface area (Å²) in [5.41, 5.74) is 1.33. The van der Waals surface area contributed by atoms with Crippen LogP contribution in [0.15, 0.2) is 35.8 Å². The number of hydrogen-bond donors (Lipinski definition) is 2. The standard InChI is InChI=1S/C11H10N2O2S/c14-7-8-1-3-9(4-2-8)10(15)13-11-12-5-6-16-11/h1-6,14H,7H2,(H,12,13,15). The highest BCUT2D eigenvalue weighted by atomic mass is 32.1. The van der Waals surface area contributed by atoms with Crippen LogP contribution in [0.25, 0.3) is 0 Å². The van der Waals surface area contributed by atoms with Gasteiger partial charge in [0.15, 0.2) is 5.13 Å². The Morgan fingerprint density at radius 3 is 2.69 bits per heavy atom. The Kier molecular flexibility index (Phi) is 3.28. The zero-order valence-corrected chi connectivity index (χ0v) is 9.20. The van der Waals surface area contributed by atoms with Gasteiger partial charge in [0.05, 0.1) is 6.61 Å². The quantitative estimate of drug-likeness (QED) is 0.852. The van der Waals surface area contributed by atoms with Gasteiger partial charge in [-0.2, -0.15) is 0 Å². The van der Waals surface area contributed by atoms with E-state index in [-0.39, 0.29) is 12.5 Å². The summed E-state index contributed by atoms with van der Waals surface area (Å²) in [4.78, 5) is 15.7. The van der Waals surface area contributed by atoms with Gasteiger partial charge in [-0.3, -0.25) is 10.1 Å². The number of benzene rings is 1. The van der Waals surface area contributed by atoms with Gasteiger partial charge in [0.2, 0.25) is 0 Å². The summed E-state index contributed by atoms with van der Waals surface area (Å²) in [6, 6.07) is 6.79. The predicted octanol–water partition coefficient (Wildman–Crippen LogP) is 1.89. The Hall–Kier alpha value is -1.72. The first-order valence-corrected chi connectivity index (χ1v) is 5.58. The molecule has 0 atom stereocenters. The summed E-state index contributed by atoms with van der Waals surface area (Å²) in [5.74, 6) is -0.195. The Morgan fingerprint density at radius 2 is 2.12 bits per heavy atom. The minimum Gasteiger partial charge on any atom is -0.392 e. The molecule has 82 valence electrons. The lowest BCUT2D eigenvalue weighted by molar-refractivity contribution is 0.102. The molecule has 5 heteroatoms. The molecule has 0 fully saturated rings. The molecule has 0 saturated carbocycles. The maximum absolute atomic E-state index is 11.7. The number of rotatable bonds is 3. The number of carbonyl (C=O) groups excluding carboxylic acids is 1. The van der Waals surface area contributed by atoms with Gasteiger partial charge in [-0.1, -0.05) is 12.1 Å². The van der Waals surface area contributed by atoms with Gasteiger partial charge in [-0.25, -0.2) is 4.98 Å². The van der Waals surface area contributed by atoms with Gasteiger partial charge in [0, 0.05) is 17.1 Å². The van der Waals surface area contributed by atoms with Gasteiger partial charge >= 0.3 is 0 Å². The van der Waals surface area contributed by atoms with Crippen molar-refractivity contribution in [3.63, 3.8) is 0 Å². The number of aromatic nitrogens is 1. The second-order valence-corrected chi connectivity index (χ2v) is 4.04. The second-order valence-electron chi connectivity index (χ2n) is 3.15. The maximum atomic E-state index is 11.7. The molecule has 1 heterocycles. The van der Waals surface area contributed by atoms with Crippen LogP contribution in [-0.2, 0) is 6.61 Å². The first-order chi connectivity index (χ1) is 7.79. The zero-order valence-electron chi connectivity index (χ0n) is 8.38. The van der Waals surface area contributed by atoms with Crippen molar-refractivity contribution in [2.75, 3.05) is 5.32 Å². The van der Waals surface area contributed by atoms with Crippen LogP contribution in [0.5, 0.6) is 0 Å². The topological polar surface area (TPSA) is 62.2 Å². The van der Waals surface area contributed by atoms with Crippen LogP contribution in [0.2, 0.25) is 0 Å². The fourth-order valence-electron chi connectivity index (χ4n) is 1.22. The maximum Gasteiger partial charge on any atom is 0.257 e. The van der Waals surface area contributed by atoms with Crippen molar-refractivity contribution >= 4 is 22.4 Å². The van der Waals surface area contributed by atoms with Gasteiger partial charge in [0.1, 0.15) is 0 Å². The zero-order chi connectivity index (χ0) is 11.4. The third-order valence-electron chi connectivity index (χ3n) is 2.05. The van der Waals surface area contributed by atoms with E-state index in [0.717, 1.165) is 5.56 Å². The van der Waals surface area contributed by atoms with E-state index >= 15 is 0 Å². The first kappa shape index (κ1) is 10.8. The van der Waals surface area contributed by atoms with E-state index in [4.69, 9.17) is 5.11 Å². The monoisotopic (exact) mass is 234 g/mol. The van der Waals surface area contributed by atoms with E-state index in [1.165, 1.54) is 11.3 Å². The number of nitrogens with zero attached hydrogens (tertiary/aromatic N) is 1. The number of nitrogens with one attached hydrogen (secondary N) is 1. The highest BCUT2D eigenvalue weighted by Crippen LogP contribution is 2.12. The van der Waals surface area contributed by atoms with Crippen molar-refractivity contribution in [2.24, 2.45) is 0 Å². The summed E-state index contributed by atoms with van der Waals surface area (Å²) in [7, 11) is 0. The minimum absolute atomic E-state index is 0.0195. The van der Waals surface area contributed by atoms with Crippen molar-refractivity contribution in [1.29, 1.82) is 0 Å². The highest BCUT2D eigenvalue weighted by Gasteiger charge is 2.06. The van der Waals surface area contributed by atoms with Gasteiger partial charge in [-0.05, 0) is 17.7 Å². The van der Waals surface area contributed by atoms with Crippen LogP contribution in [0.3, 0.4) is 0 Å². The number of aliphatic hydroxyl groups is 1. The molecule has 1 amide bonds. The van der Waals surface area contributed by atoms with Crippen LogP contribution in [0.4, 0.5) is 5.13 Å². The van der Waals surface area contributed by atoms with Crippen molar-refractivity contribution < 1.29 is 9.90 Å². The molecular formula is C11H10N2O2S. The third-order valence-corrected chi connectivity index (χ3v) is 2.74. The molecule has 0 aliphatic rings. The van der Waals surface area contributed by atoms with E-state index in [9.17, 15) is 4.79 Å². The molecule has 16 heavy (non-hydrogen) atoms. The number of anilines is 1. The lowest BCUT2D eigenvalue weighted by Gasteiger charge is -2.02. The summed E-state index contributed by atoms with van der Waals surface area (Å²) in [5, 5.41) is 13.9. The Morgan fingerprint density at radius 1 is 1.38 bits per heavy atom. The number of hydrogen-bond acceptors (Lipinski definition) is 4. The molecule has 2 rings (SSSR count). The van der Waals surface area contributed by atoms with Crippen molar-refractivity contribution in [3.8, 4) is 0 Å². The minimum atomic E-state index is -0.195. The van der Waals surface area contributed by atoms with E-state index < -0.39 is 0 Å². The van der Waals surface area contributed by atoms with E-state index in [0.29, 0.717) is 10.7 Å². The first-order valence-electron chi connectivity index (χ1n) is 4.70. The van der Waals surface area contributed by atoms with E-state index in [2.05, 4.69) is 10.3 Å². The average Bonchev–Trinajstić information content (AvgIpc) is 2.82. The fraction of sp³-hybridized carbons (Fsp3) is 0.0909. The molecule has 1 aromatic carbocycles. The van der Waals surface area contributed by atoms with E-state index in [1.54, 1.807) is 35.8 Å². The molecule has 0 spiro atoms. The van der Waals surface area contributed by atoms with Crippen LogP contribution in [-0.4, -0.2) is 16.0 Å². The number of aliphatic hydroxyl groups excluding tert-OH is 1. The van der Waals surface area contributed by atoms with Gasteiger partial charge in [0.25, 0.3) is 5.91 Å². The van der Waals surface area contributed by atoms with Crippen LogP contribution >= 0.6 is 11.3 Å². The van der Waals surface area contributed by atoms with Crippen LogP contribution in [0.1, 0.15) is 15.9 Å². The fourth-order valence-corrected chi connectivity index (χ4v) is 1.74. The SMILES string of the molecule is O=C(Nc1nccs1)c1ccc(CO)cc1. The Balaban J connectivity index is 2.09. The second kappa shape index (κ2) is 4.87. The molecule has 0 aliphatic heterocycles. The molecule has 2 N–H and O–H groups in total. The van der Waals surface area contributed by atoms with Crippen LogP contribution < -0.4 is 5.32 Å². The molecule has 4 nitrogen and oxygen atoms in total. The van der Waals surface area contributed by atoms with Crippen molar-refractivity contribution in [2.45, 2.75) is 6.61 Å². The molecule has 0 radical (unpaired) electrons. The Labute approximate surface area is 96.6 Å². The van der Waals surface area contributed by atoms with Gasteiger partial charge in [-0.15, -0.1) is 11.3 Å². The number of amides is 1. The lowest BCUT2D eigenvalue weighted by Crippen LogP contribution is -2.11. The number of carbonyl (C=O) groups is 1. The predicted molar refractivity (Wildman–Crippen MR) is 62.4 cm³/mol. The molecule has 1 aromatic heterocycles. The number of thiazole rings is 1. The normalized spacial score (nSPS) is 10.1. The summed E-state index contributed by atoms with van der Waals surface area (Å²) in [6.07, 6.45) is 1.63. The molecular weight excluding hydrogens is 224 g/mol. The highest BCUT2D eigenvalue weighted by molar-refractivity contribution is 7.13. The van der Waals surface area contributed by atoms with Crippen molar-refractivity contribution in [1.82, 2.24) is 4.98 Å². The van der Waals surface area contributed by atoms with Gasteiger partial charge < -0.3 is 5.11 Å². The molecule has 0 bridgehead atoms. The lowest BCUT2D eigenvalue weighted by atomic mass is 10.1.